The lowest BCUT2D eigenvalue weighted by Crippen LogP contribution is -2.37. The van der Waals surface area contributed by atoms with E-state index in [0.29, 0.717) is 0 Å². The molecule has 2 aliphatic rings. The van der Waals surface area contributed by atoms with Crippen molar-refractivity contribution in [1.82, 2.24) is 0 Å². The fraction of sp³-hybridized carbons (Fsp3) is 0. The van der Waals surface area contributed by atoms with Crippen molar-refractivity contribution in [1.29, 1.82) is 0 Å². The SMILES string of the molecule is S=P12c3ccccc3-c3ccc4ccccc4c3N1c1c(ccc3ccccc13)-c1ccccc12. The molecule has 0 saturated carbocycles. The van der Waals surface area contributed by atoms with E-state index in [0.717, 1.165) is 0 Å². The quantitative estimate of drug-likeness (QED) is 0.202. The third kappa shape index (κ3) is 2.41. The lowest BCUT2D eigenvalue weighted by atomic mass is 9.94. The Balaban J connectivity index is 1.66. The van der Waals surface area contributed by atoms with Gasteiger partial charge >= 0.3 is 0 Å². The van der Waals surface area contributed by atoms with Crippen LogP contribution in [-0.2, 0) is 11.8 Å². The second kappa shape index (κ2) is 6.92. The van der Waals surface area contributed by atoms with Gasteiger partial charge in [-0.05, 0) is 21.9 Å². The summed E-state index contributed by atoms with van der Waals surface area (Å²) in [7, 11) is 0. The molecule has 164 valence electrons. The summed E-state index contributed by atoms with van der Waals surface area (Å²) in [5.74, 6) is 0. The zero-order chi connectivity index (χ0) is 23.1. The Hall–Kier alpha value is -3.71. The highest BCUT2D eigenvalue weighted by atomic mass is 32.4. The summed E-state index contributed by atoms with van der Waals surface area (Å²) >= 11 is 6.95. The van der Waals surface area contributed by atoms with Gasteiger partial charge in [-0.2, -0.15) is 0 Å². The van der Waals surface area contributed by atoms with Crippen LogP contribution in [0.2, 0.25) is 0 Å². The summed E-state index contributed by atoms with van der Waals surface area (Å²) in [4.78, 5) is 0. The largest absolute Gasteiger partial charge is 0.303 e. The van der Waals surface area contributed by atoms with E-state index < -0.39 is 6.19 Å². The Morgan fingerprint density at radius 1 is 0.429 bits per heavy atom. The lowest BCUT2D eigenvalue weighted by molar-refractivity contribution is 1.42. The first kappa shape index (κ1) is 19.6. The molecule has 0 unspecified atom stereocenters. The molecule has 0 aromatic heterocycles. The molecule has 2 aliphatic heterocycles. The van der Waals surface area contributed by atoms with Gasteiger partial charge in [-0.1, -0.05) is 133 Å². The van der Waals surface area contributed by atoms with E-state index in [-0.39, 0.29) is 0 Å². The Kier molecular flexibility index (Phi) is 3.87. The van der Waals surface area contributed by atoms with Crippen LogP contribution in [0.4, 0.5) is 11.4 Å². The van der Waals surface area contributed by atoms with Gasteiger partial charge in [-0.15, -0.1) is 0 Å². The van der Waals surface area contributed by atoms with E-state index in [1.54, 1.807) is 0 Å². The van der Waals surface area contributed by atoms with Crippen molar-refractivity contribution in [3.63, 3.8) is 0 Å². The smallest absolute Gasteiger partial charge is 0.0986 e. The first-order valence-electron chi connectivity index (χ1n) is 11.9. The molecule has 0 atom stereocenters. The van der Waals surface area contributed by atoms with E-state index in [1.807, 2.05) is 0 Å². The van der Waals surface area contributed by atoms with Crippen molar-refractivity contribution >= 4 is 61.5 Å². The van der Waals surface area contributed by atoms with Gasteiger partial charge in [0.15, 0.2) is 0 Å². The average Bonchev–Trinajstić information content (AvgIpc) is 2.93. The van der Waals surface area contributed by atoms with Crippen molar-refractivity contribution in [2.75, 3.05) is 4.67 Å². The second-order valence-corrected chi connectivity index (χ2v) is 13.4. The van der Waals surface area contributed by atoms with Crippen LogP contribution in [0.25, 0.3) is 43.8 Å². The minimum atomic E-state index is -2.40. The maximum Gasteiger partial charge on any atom is 0.0986 e. The fourth-order valence-corrected chi connectivity index (χ4v) is 10.8. The van der Waals surface area contributed by atoms with E-state index >= 15 is 0 Å². The second-order valence-electron chi connectivity index (χ2n) is 9.29. The molecule has 8 rings (SSSR count). The van der Waals surface area contributed by atoms with Crippen LogP contribution in [0.3, 0.4) is 0 Å². The lowest BCUT2D eigenvalue weighted by Gasteiger charge is -2.48. The molecule has 0 spiro atoms. The van der Waals surface area contributed by atoms with Gasteiger partial charge in [-0.3, -0.25) is 0 Å². The predicted octanol–water partition coefficient (Wildman–Crippen LogP) is 8.14. The van der Waals surface area contributed by atoms with Gasteiger partial charge in [0.1, 0.15) is 0 Å². The number of fused-ring (bicyclic) bond motifs is 15. The molecule has 6 aromatic carbocycles. The van der Waals surface area contributed by atoms with Gasteiger partial charge in [0.25, 0.3) is 0 Å². The highest BCUT2D eigenvalue weighted by Crippen LogP contribution is 2.67. The summed E-state index contributed by atoms with van der Waals surface area (Å²) in [6.07, 6.45) is -2.40. The molecule has 0 bridgehead atoms. The van der Waals surface area contributed by atoms with Crippen LogP contribution in [0, 0.1) is 0 Å². The molecule has 0 N–H and O–H groups in total. The fourth-order valence-electron chi connectivity index (χ4n) is 6.07. The highest BCUT2D eigenvalue weighted by Gasteiger charge is 2.45. The number of benzene rings is 6. The van der Waals surface area contributed by atoms with E-state index in [2.05, 4.69) is 126 Å². The summed E-state index contributed by atoms with van der Waals surface area (Å²) in [5.41, 5.74) is 7.56. The van der Waals surface area contributed by atoms with Crippen LogP contribution >= 0.6 is 6.19 Å². The number of rotatable bonds is 0. The summed E-state index contributed by atoms with van der Waals surface area (Å²) < 4.78 is 2.59. The Bertz CT molecular complexity index is 1770. The molecule has 0 radical (unpaired) electrons. The molecule has 2 heterocycles. The Morgan fingerprint density at radius 2 is 0.857 bits per heavy atom. The van der Waals surface area contributed by atoms with Gasteiger partial charge in [0, 0.05) is 32.5 Å². The van der Waals surface area contributed by atoms with Crippen molar-refractivity contribution in [3.05, 3.63) is 121 Å². The summed E-state index contributed by atoms with van der Waals surface area (Å²) in [5, 5.41) is 7.56. The van der Waals surface area contributed by atoms with Gasteiger partial charge in [0.2, 0.25) is 0 Å². The van der Waals surface area contributed by atoms with Crippen LogP contribution in [0.1, 0.15) is 0 Å². The van der Waals surface area contributed by atoms with Crippen LogP contribution in [0.15, 0.2) is 121 Å². The van der Waals surface area contributed by atoms with E-state index in [1.165, 1.54) is 65.8 Å². The first-order valence-corrected chi connectivity index (χ1v) is 14.7. The Morgan fingerprint density at radius 3 is 1.37 bits per heavy atom. The molecule has 3 heteroatoms. The first-order chi connectivity index (χ1) is 17.3. The normalized spacial score (nSPS) is 14.6. The van der Waals surface area contributed by atoms with Crippen LogP contribution < -0.4 is 15.3 Å². The van der Waals surface area contributed by atoms with Crippen molar-refractivity contribution in [2.24, 2.45) is 0 Å². The number of nitrogens with zero attached hydrogens (tertiary/aromatic N) is 1. The van der Waals surface area contributed by atoms with Crippen molar-refractivity contribution in [2.45, 2.75) is 0 Å². The third-order valence-electron chi connectivity index (χ3n) is 7.55. The van der Waals surface area contributed by atoms with Gasteiger partial charge in [-0.25, -0.2) is 0 Å². The van der Waals surface area contributed by atoms with Crippen molar-refractivity contribution < 1.29 is 0 Å². The van der Waals surface area contributed by atoms with Gasteiger partial charge < -0.3 is 4.67 Å². The highest BCUT2D eigenvalue weighted by molar-refractivity contribution is 8.23. The average molecular weight is 482 g/mol. The molecule has 35 heavy (non-hydrogen) atoms. The number of hydrogen-bond donors (Lipinski definition) is 0. The van der Waals surface area contributed by atoms with Crippen LogP contribution in [0.5, 0.6) is 0 Å². The maximum atomic E-state index is 6.95. The monoisotopic (exact) mass is 481 g/mol. The molecule has 1 nitrogen and oxygen atoms in total. The topological polar surface area (TPSA) is 3.24 Å². The van der Waals surface area contributed by atoms with E-state index in [9.17, 15) is 0 Å². The molecule has 0 aliphatic carbocycles. The standard InChI is InChI=1S/C32H20NPS/c35-34-29-15-7-5-13-25(29)27-19-17-21-9-1-3-11-23(21)31(27)33(34)32-24-12-4-2-10-22(24)18-20-28(32)26-14-6-8-16-30(26)34/h1-20H. The van der Waals surface area contributed by atoms with Crippen molar-refractivity contribution in [3.8, 4) is 22.3 Å². The molecular weight excluding hydrogens is 461 g/mol. The number of hydrogen-bond acceptors (Lipinski definition) is 1. The molecule has 0 saturated heterocycles. The summed E-state index contributed by atoms with van der Waals surface area (Å²) in [6.45, 7) is 0. The molecule has 0 fully saturated rings. The maximum absolute atomic E-state index is 6.95. The predicted molar refractivity (Wildman–Crippen MR) is 154 cm³/mol. The zero-order valence-electron chi connectivity index (χ0n) is 18.8. The Labute approximate surface area is 209 Å². The third-order valence-corrected chi connectivity index (χ3v) is 12.3. The van der Waals surface area contributed by atoms with Crippen LogP contribution in [-0.4, -0.2) is 0 Å². The minimum absolute atomic E-state index is 1.24. The molecular formula is C32H20NPS. The minimum Gasteiger partial charge on any atom is -0.303 e. The summed E-state index contributed by atoms with van der Waals surface area (Å²) in [6, 6.07) is 44.2. The zero-order valence-corrected chi connectivity index (χ0v) is 20.6. The molecule has 0 amide bonds. The van der Waals surface area contributed by atoms with E-state index in [4.69, 9.17) is 11.8 Å². The van der Waals surface area contributed by atoms with Gasteiger partial charge in [0.05, 0.1) is 17.6 Å². The number of anilines is 2. The molecule has 6 aromatic rings.